The minimum absolute atomic E-state index is 0.886. The van der Waals surface area contributed by atoms with Gasteiger partial charge in [0.25, 0.3) is 0 Å². The normalized spacial score (nSPS) is 11.6. The molecule has 314 valence electrons. The molecule has 0 saturated heterocycles. The Balaban J connectivity index is 0.887. The maximum absolute atomic E-state index is 7.08. The zero-order chi connectivity index (χ0) is 44.3. The maximum atomic E-state index is 7.08. The summed E-state index contributed by atoms with van der Waals surface area (Å²) < 4.78 is 9.45. The number of anilines is 3. The molecule has 3 nitrogen and oxygen atoms in total. The Hall–Kier alpha value is -8.92. The number of nitrogens with zero attached hydrogens (tertiary/aromatic N) is 2. The average Bonchev–Trinajstić information content (AvgIpc) is 3.98. The highest BCUT2D eigenvalue weighted by molar-refractivity contribution is 6.29. The van der Waals surface area contributed by atoms with Gasteiger partial charge in [0, 0.05) is 55.4 Å². The van der Waals surface area contributed by atoms with Crippen molar-refractivity contribution in [2.24, 2.45) is 0 Å². The van der Waals surface area contributed by atoms with Gasteiger partial charge in [-0.05, 0) is 117 Å². The van der Waals surface area contributed by atoms with E-state index in [9.17, 15) is 0 Å². The number of furan rings is 1. The van der Waals surface area contributed by atoms with E-state index in [1.165, 1.54) is 49.1 Å². The van der Waals surface area contributed by atoms with Gasteiger partial charge in [-0.1, -0.05) is 182 Å². The van der Waals surface area contributed by atoms with Crippen molar-refractivity contribution in [1.82, 2.24) is 4.57 Å². The van der Waals surface area contributed by atoms with E-state index < -0.39 is 0 Å². The molecule has 11 aromatic carbocycles. The van der Waals surface area contributed by atoms with Gasteiger partial charge >= 0.3 is 0 Å². The van der Waals surface area contributed by atoms with Crippen LogP contribution >= 0.6 is 0 Å². The molecule has 3 heteroatoms. The highest BCUT2D eigenvalue weighted by Gasteiger charge is 2.23. The van der Waals surface area contributed by atoms with Gasteiger partial charge in [0.1, 0.15) is 11.3 Å². The Morgan fingerprint density at radius 1 is 0.299 bits per heavy atom. The second-order valence-electron chi connectivity index (χ2n) is 17.2. The van der Waals surface area contributed by atoms with Gasteiger partial charge in [0.15, 0.2) is 0 Å². The van der Waals surface area contributed by atoms with E-state index in [0.29, 0.717) is 0 Å². The lowest BCUT2D eigenvalue weighted by atomic mass is 9.91. The molecule has 0 N–H and O–H groups in total. The van der Waals surface area contributed by atoms with Crippen LogP contribution in [0.1, 0.15) is 0 Å². The van der Waals surface area contributed by atoms with Gasteiger partial charge in [-0.25, -0.2) is 0 Å². The number of rotatable bonds is 8. The highest BCUT2D eigenvalue weighted by Crippen LogP contribution is 2.48. The molecular weight excluding hydrogens is 813 g/mol. The fourth-order valence-electron chi connectivity index (χ4n) is 10.3. The van der Waals surface area contributed by atoms with Crippen LogP contribution < -0.4 is 4.90 Å². The van der Waals surface area contributed by atoms with Crippen LogP contribution in [0.2, 0.25) is 0 Å². The van der Waals surface area contributed by atoms with Crippen molar-refractivity contribution in [2.75, 3.05) is 4.90 Å². The lowest BCUT2D eigenvalue weighted by molar-refractivity contribution is 0.636. The third-order valence-corrected chi connectivity index (χ3v) is 13.4. The van der Waals surface area contributed by atoms with Crippen LogP contribution in [-0.4, -0.2) is 4.57 Å². The summed E-state index contributed by atoms with van der Waals surface area (Å²) in [5.41, 5.74) is 15.7. The smallest absolute Gasteiger partial charge is 0.143 e. The van der Waals surface area contributed by atoms with Gasteiger partial charge < -0.3 is 13.9 Å². The predicted octanol–water partition coefficient (Wildman–Crippen LogP) is 18.0. The summed E-state index contributed by atoms with van der Waals surface area (Å²) in [5.74, 6) is 0.886. The SMILES string of the molecule is c1ccc(-c2oc3c4cc(-c5ccc(N(c6ccccc6)c6ccc(-c7ccc8c(c7)c7ccccc7n8-c7ccccc7)cc6)cc5)ccc4c4ccccc4c3c2-c2ccccc2)cc1. The van der Waals surface area contributed by atoms with Crippen LogP contribution in [0.15, 0.2) is 259 Å². The molecule has 0 spiro atoms. The molecule has 0 fully saturated rings. The number of aromatic nitrogens is 1. The molecular formula is C64H42N2O. The number of hydrogen-bond donors (Lipinski definition) is 0. The number of fused-ring (bicyclic) bond motifs is 9. The zero-order valence-electron chi connectivity index (χ0n) is 36.6. The molecule has 0 aliphatic rings. The summed E-state index contributed by atoms with van der Waals surface area (Å²) in [5, 5.41) is 8.31. The lowest BCUT2D eigenvalue weighted by Gasteiger charge is -2.26. The van der Waals surface area contributed by atoms with E-state index >= 15 is 0 Å². The third-order valence-electron chi connectivity index (χ3n) is 13.4. The van der Waals surface area contributed by atoms with Gasteiger partial charge in [-0.2, -0.15) is 0 Å². The van der Waals surface area contributed by atoms with E-state index in [-0.39, 0.29) is 0 Å². The summed E-state index contributed by atoms with van der Waals surface area (Å²) >= 11 is 0. The van der Waals surface area contributed by atoms with Gasteiger partial charge in [-0.3, -0.25) is 0 Å². The molecule has 2 aromatic heterocycles. The number of benzene rings is 11. The summed E-state index contributed by atoms with van der Waals surface area (Å²) in [7, 11) is 0. The summed E-state index contributed by atoms with van der Waals surface area (Å²) in [6, 6.07) is 91.5. The number of hydrogen-bond acceptors (Lipinski definition) is 2. The molecule has 0 bridgehead atoms. The van der Waals surface area contributed by atoms with Crippen molar-refractivity contribution in [3.8, 4) is 50.4 Å². The molecule has 0 unspecified atom stereocenters. The van der Waals surface area contributed by atoms with Crippen LogP contribution in [0, 0.1) is 0 Å². The molecule has 67 heavy (non-hydrogen) atoms. The van der Waals surface area contributed by atoms with Crippen molar-refractivity contribution in [2.45, 2.75) is 0 Å². The Bertz CT molecular complexity index is 3930. The quantitative estimate of drug-likeness (QED) is 0.142. The van der Waals surface area contributed by atoms with E-state index in [2.05, 4.69) is 264 Å². The van der Waals surface area contributed by atoms with Crippen molar-refractivity contribution in [1.29, 1.82) is 0 Å². The summed E-state index contributed by atoms with van der Waals surface area (Å²) in [6.07, 6.45) is 0. The minimum Gasteiger partial charge on any atom is -0.455 e. The van der Waals surface area contributed by atoms with Crippen LogP contribution in [0.5, 0.6) is 0 Å². The van der Waals surface area contributed by atoms with Crippen molar-refractivity contribution < 1.29 is 4.42 Å². The largest absolute Gasteiger partial charge is 0.455 e. The second-order valence-corrected chi connectivity index (χ2v) is 17.2. The minimum atomic E-state index is 0.886. The molecule has 13 aromatic rings. The molecule has 0 saturated carbocycles. The molecule has 2 heterocycles. The van der Waals surface area contributed by atoms with Crippen LogP contribution in [0.4, 0.5) is 17.1 Å². The Morgan fingerprint density at radius 3 is 1.42 bits per heavy atom. The van der Waals surface area contributed by atoms with Gasteiger partial charge in [0.2, 0.25) is 0 Å². The lowest BCUT2D eigenvalue weighted by Crippen LogP contribution is -2.09. The predicted molar refractivity (Wildman–Crippen MR) is 282 cm³/mol. The van der Waals surface area contributed by atoms with Crippen LogP contribution in [-0.2, 0) is 0 Å². The average molecular weight is 855 g/mol. The Labute approximate surface area is 388 Å². The van der Waals surface area contributed by atoms with Gasteiger partial charge in [-0.15, -0.1) is 0 Å². The highest BCUT2D eigenvalue weighted by atomic mass is 16.3. The molecule has 0 amide bonds. The van der Waals surface area contributed by atoms with Crippen LogP contribution in [0.25, 0.3) is 105 Å². The molecule has 13 rings (SSSR count). The first-order valence-electron chi connectivity index (χ1n) is 22.9. The van der Waals surface area contributed by atoms with E-state index in [4.69, 9.17) is 4.42 Å². The molecule has 0 atom stereocenters. The van der Waals surface area contributed by atoms with E-state index in [0.717, 1.165) is 72.7 Å². The second kappa shape index (κ2) is 16.0. The zero-order valence-corrected chi connectivity index (χ0v) is 36.6. The monoisotopic (exact) mass is 854 g/mol. The molecule has 0 radical (unpaired) electrons. The first kappa shape index (κ1) is 38.5. The fraction of sp³-hybridized carbons (Fsp3) is 0. The topological polar surface area (TPSA) is 21.3 Å². The maximum Gasteiger partial charge on any atom is 0.143 e. The Kier molecular flexibility index (Phi) is 9.17. The van der Waals surface area contributed by atoms with Crippen molar-refractivity contribution in [3.05, 3.63) is 255 Å². The van der Waals surface area contributed by atoms with Crippen LogP contribution in [0.3, 0.4) is 0 Å². The van der Waals surface area contributed by atoms with E-state index in [1.807, 2.05) is 0 Å². The fourth-order valence-corrected chi connectivity index (χ4v) is 10.3. The van der Waals surface area contributed by atoms with Crippen molar-refractivity contribution in [3.63, 3.8) is 0 Å². The Morgan fingerprint density at radius 2 is 0.761 bits per heavy atom. The van der Waals surface area contributed by atoms with Gasteiger partial charge in [0.05, 0.1) is 11.0 Å². The molecule has 0 aliphatic heterocycles. The first-order chi connectivity index (χ1) is 33.2. The first-order valence-corrected chi connectivity index (χ1v) is 22.9. The molecule has 0 aliphatic carbocycles. The number of para-hydroxylation sites is 3. The standard InChI is InChI=1S/C64H42N2O/c1-5-17-45(18-6-1)61-62-56-27-14-13-25-53(56)54-39-33-47(42-58(54)64(62)67-63(61)46-19-7-2-8-20-46)43-29-35-51(36-30-43)65(49-21-9-3-10-22-49)52-37-31-44(32-38-52)48-34-40-60-57(41-48)55-26-15-16-28-59(55)66(60)50-23-11-4-12-24-50/h1-42H. The van der Waals surface area contributed by atoms with Crippen molar-refractivity contribution >= 4 is 71.4 Å². The van der Waals surface area contributed by atoms with E-state index in [1.54, 1.807) is 0 Å². The third kappa shape index (κ3) is 6.51. The summed E-state index contributed by atoms with van der Waals surface area (Å²) in [6.45, 7) is 0. The summed E-state index contributed by atoms with van der Waals surface area (Å²) in [4.78, 5) is 2.33.